The highest BCUT2D eigenvalue weighted by molar-refractivity contribution is 6.07. The van der Waals surface area contributed by atoms with E-state index in [0.29, 0.717) is 12.3 Å². The van der Waals surface area contributed by atoms with E-state index in [1.165, 1.54) is 37.5 Å². The Hall–Kier alpha value is -3.13. The second-order valence-electron chi connectivity index (χ2n) is 6.41. The fourth-order valence-corrected chi connectivity index (χ4v) is 3.24. The molecule has 1 amide bonds. The number of amides is 1. The Morgan fingerprint density at radius 2 is 1.89 bits per heavy atom. The number of carbonyl (C=O) groups excluding carboxylic acids is 1. The fraction of sp³-hybridized carbons (Fsp3) is 0.350. The summed E-state index contributed by atoms with van der Waals surface area (Å²) in [5.74, 6) is -0.160. The Morgan fingerprint density at radius 1 is 1.11 bits per heavy atom. The summed E-state index contributed by atoms with van der Waals surface area (Å²) in [5.41, 5.74) is 2.64. The molecule has 2 aromatic carbocycles. The van der Waals surface area contributed by atoms with Crippen LogP contribution in [-0.4, -0.2) is 38.3 Å². The van der Waals surface area contributed by atoms with Gasteiger partial charge in [-0.2, -0.15) is 0 Å². The molecule has 0 unspecified atom stereocenters. The molecule has 148 valence electrons. The van der Waals surface area contributed by atoms with E-state index >= 15 is 0 Å². The van der Waals surface area contributed by atoms with E-state index in [4.69, 9.17) is 14.2 Å². The van der Waals surface area contributed by atoms with Crippen molar-refractivity contribution in [2.75, 3.05) is 32.8 Å². The summed E-state index contributed by atoms with van der Waals surface area (Å²) in [6.07, 6.45) is 3.11. The molecule has 0 heterocycles. The number of aryl methyl sites for hydroxylation is 2. The molecule has 0 fully saturated rings. The third-order valence-corrected chi connectivity index (χ3v) is 4.62. The average molecular weight is 386 g/mol. The third-order valence-electron chi connectivity index (χ3n) is 4.62. The van der Waals surface area contributed by atoms with E-state index < -0.39 is 10.8 Å². The number of nitro benzene ring substituents is 1. The van der Waals surface area contributed by atoms with Crippen LogP contribution in [0.5, 0.6) is 11.5 Å². The molecule has 8 heteroatoms. The van der Waals surface area contributed by atoms with Crippen molar-refractivity contribution in [3.05, 3.63) is 57.1 Å². The largest absolute Gasteiger partial charge is 0.493 e. The lowest BCUT2D eigenvalue weighted by molar-refractivity contribution is -0.385. The first-order valence-electron chi connectivity index (χ1n) is 8.94. The highest BCUT2D eigenvalue weighted by Gasteiger charge is 2.25. The minimum absolute atomic E-state index is 0.0959. The molecule has 1 aliphatic rings. The third kappa shape index (κ3) is 4.23. The van der Waals surface area contributed by atoms with Crippen LogP contribution in [0.25, 0.3) is 0 Å². The molecule has 0 spiro atoms. The van der Waals surface area contributed by atoms with Crippen LogP contribution < -0.4 is 14.8 Å². The van der Waals surface area contributed by atoms with E-state index in [1.54, 1.807) is 0 Å². The Morgan fingerprint density at radius 3 is 2.61 bits per heavy atom. The maximum absolute atomic E-state index is 12.7. The van der Waals surface area contributed by atoms with Gasteiger partial charge < -0.3 is 19.5 Å². The van der Waals surface area contributed by atoms with Crippen molar-refractivity contribution in [2.45, 2.75) is 19.3 Å². The topological polar surface area (TPSA) is 99.9 Å². The summed E-state index contributed by atoms with van der Waals surface area (Å²) in [6, 6.07) is 8.24. The molecule has 1 N–H and O–H groups in total. The SMILES string of the molecule is COCCOc1cc([N+](=O)[O-])c(C(=O)Nc2ccc3c(c2)CCC3)cc1OC. The van der Waals surface area contributed by atoms with Gasteiger partial charge in [-0.1, -0.05) is 6.07 Å². The first-order chi connectivity index (χ1) is 13.5. The summed E-state index contributed by atoms with van der Waals surface area (Å²) >= 11 is 0. The Labute approximate surface area is 162 Å². The van der Waals surface area contributed by atoms with Crippen molar-refractivity contribution in [3.63, 3.8) is 0 Å². The van der Waals surface area contributed by atoms with Gasteiger partial charge >= 0.3 is 0 Å². The van der Waals surface area contributed by atoms with Crippen molar-refractivity contribution in [3.8, 4) is 11.5 Å². The van der Waals surface area contributed by atoms with Gasteiger partial charge in [-0.25, -0.2) is 0 Å². The Balaban J connectivity index is 1.88. The number of benzene rings is 2. The van der Waals surface area contributed by atoms with Crippen LogP contribution in [0.4, 0.5) is 11.4 Å². The molecule has 0 saturated heterocycles. The van der Waals surface area contributed by atoms with Crippen molar-refractivity contribution in [1.29, 1.82) is 0 Å². The van der Waals surface area contributed by atoms with Crippen molar-refractivity contribution < 1.29 is 23.9 Å². The highest BCUT2D eigenvalue weighted by atomic mass is 16.6. The molecular formula is C20H22N2O6. The molecule has 0 atom stereocenters. The lowest BCUT2D eigenvalue weighted by Crippen LogP contribution is -2.15. The molecule has 0 saturated carbocycles. The Bertz CT molecular complexity index is 897. The van der Waals surface area contributed by atoms with Gasteiger partial charge in [0, 0.05) is 18.9 Å². The maximum atomic E-state index is 12.7. The summed E-state index contributed by atoms with van der Waals surface area (Å²) in [6.45, 7) is 0.516. The molecule has 0 radical (unpaired) electrons. The van der Waals surface area contributed by atoms with Crippen molar-refractivity contribution in [1.82, 2.24) is 0 Å². The van der Waals surface area contributed by atoms with E-state index in [0.717, 1.165) is 19.3 Å². The van der Waals surface area contributed by atoms with Crippen LogP contribution in [0.1, 0.15) is 27.9 Å². The van der Waals surface area contributed by atoms with Crippen molar-refractivity contribution >= 4 is 17.3 Å². The van der Waals surface area contributed by atoms with Crippen LogP contribution in [0, 0.1) is 10.1 Å². The van der Waals surface area contributed by atoms with Gasteiger partial charge in [0.05, 0.1) is 24.7 Å². The average Bonchev–Trinajstić information content (AvgIpc) is 3.15. The monoisotopic (exact) mass is 386 g/mol. The number of nitrogens with one attached hydrogen (secondary N) is 1. The van der Waals surface area contributed by atoms with Crippen LogP contribution in [0.15, 0.2) is 30.3 Å². The van der Waals surface area contributed by atoms with Gasteiger partial charge in [0.15, 0.2) is 11.5 Å². The highest BCUT2D eigenvalue weighted by Crippen LogP contribution is 2.35. The second-order valence-corrected chi connectivity index (χ2v) is 6.41. The lowest BCUT2D eigenvalue weighted by atomic mass is 10.1. The maximum Gasteiger partial charge on any atom is 0.286 e. The number of anilines is 1. The fourth-order valence-electron chi connectivity index (χ4n) is 3.24. The summed E-state index contributed by atoms with van der Waals surface area (Å²) in [7, 11) is 2.93. The summed E-state index contributed by atoms with van der Waals surface area (Å²) in [4.78, 5) is 23.7. The number of rotatable bonds is 8. The van der Waals surface area contributed by atoms with Gasteiger partial charge in [0.2, 0.25) is 0 Å². The first-order valence-corrected chi connectivity index (χ1v) is 8.94. The number of hydrogen-bond donors (Lipinski definition) is 1. The molecule has 8 nitrogen and oxygen atoms in total. The first kappa shape index (κ1) is 19.6. The smallest absolute Gasteiger partial charge is 0.286 e. The predicted molar refractivity (Wildman–Crippen MR) is 103 cm³/mol. The van der Waals surface area contributed by atoms with Crippen LogP contribution in [0.2, 0.25) is 0 Å². The van der Waals surface area contributed by atoms with Crippen LogP contribution >= 0.6 is 0 Å². The Kier molecular flexibility index (Phi) is 6.10. The number of carbonyl (C=O) groups is 1. The lowest BCUT2D eigenvalue weighted by Gasteiger charge is -2.13. The molecule has 0 aromatic heterocycles. The molecule has 2 aromatic rings. The molecule has 3 rings (SSSR count). The van der Waals surface area contributed by atoms with Gasteiger partial charge in [-0.05, 0) is 42.5 Å². The molecule has 0 aliphatic heterocycles. The van der Waals surface area contributed by atoms with Gasteiger partial charge in [-0.3, -0.25) is 14.9 Å². The van der Waals surface area contributed by atoms with E-state index in [9.17, 15) is 14.9 Å². The van der Waals surface area contributed by atoms with Gasteiger partial charge in [0.25, 0.3) is 11.6 Å². The number of hydrogen-bond acceptors (Lipinski definition) is 6. The molecule has 1 aliphatic carbocycles. The number of methoxy groups -OCH3 is 2. The molecule has 28 heavy (non-hydrogen) atoms. The van der Waals surface area contributed by atoms with Crippen LogP contribution in [-0.2, 0) is 17.6 Å². The van der Waals surface area contributed by atoms with Crippen molar-refractivity contribution in [2.24, 2.45) is 0 Å². The predicted octanol–water partition coefficient (Wildman–Crippen LogP) is 3.37. The number of nitro groups is 1. The zero-order valence-corrected chi connectivity index (χ0v) is 15.8. The summed E-state index contributed by atoms with van der Waals surface area (Å²) in [5, 5.41) is 14.3. The van der Waals surface area contributed by atoms with E-state index in [1.807, 2.05) is 18.2 Å². The molecule has 0 bridgehead atoms. The van der Waals surface area contributed by atoms with Gasteiger partial charge in [-0.15, -0.1) is 0 Å². The number of fused-ring (bicyclic) bond motifs is 1. The number of ether oxygens (including phenoxy) is 3. The minimum Gasteiger partial charge on any atom is -0.493 e. The van der Waals surface area contributed by atoms with Gasteiger partial charge in [0.1, 0.15) is 12.2 Å². The van der Waals surface area contributed by atoms with E-state index in [2.05, 4.69) is 5.32 Å². The minimum atomic E-state index is -0.611. The van der Waals surface area contributed by atoms with E-state index in [-0.39, 0.29) is 29.4 Å². The second kappa shape index (κ2) is 8.71. The number of nitrogens with zero attached hydrogens (tertiary/aromatic N) is 1. The van der Waals surface area contributed by atoms with Crippen LogP contribution in [0.3, 0.4) is 0 Å². The molecular weight excluding hydrogens is 364 g/mol. The standard InChI is InChI=1S/C20H22N2O6/c1-26-8-9-28-19-12-17(22(24)25)16(11-18(19)27-2)20(23)21-15-7-6-13-4-3-5-14(13)10-15/h6-7,10-12H,3-5,8-9H2,1-2H3,(H,21,23). The summed E-state index contributed by atoms with van der Waals surface area (Å²) < 4.78 is 15.6. The zero-order valence-electron chi connectivity index (χ0n) is 15.8. The quantitative estimate of drug-likeness (QED) is 0.424. The zero-order chi connectivity index (χ0) is 20.1. The normalized spacial score (nSPS) is 12.4.